The van der Waals surface area contributed by atoms with Crippen molar-refractivity contribution in [1.82, 2.24) is 0 Å². The van der Waals surface area contributed by atoms with Crippen molar-refractivity contribution >= 4 is 17.4 Å². The number of rotatable bonds is 6. The van der Waals surface area contributed by atoms with Crippen molar-refractivity contribution in [3.8, 4) is 11.5 Å². The van der Waals surface area contributed by atoms with E-state index in [2.05, 4.69) is 12.2 Å². The Kier molecular flexibility index (Phi) is 9.76. The van der Waals surface area contributed by atoms with Crippen molar-refractivity contribution in [2.45, 2.75) is 66.2 Å². The molecule has 3 rings (SSSR count). The number of nitrogens with one attached hydrogen (secondary N) is 1. The van der Waals surface area contributed by atoms with E-state index in [1.165, 1.54) is 26.2 Å². The number of methoxy groups -OCH3 is 1. The summed E-state index contributed by atoms with van der Waals surface area (Å²) in [7, 11) is 1.65. The average Bonchev–Trinajstić information content (AvgIpc) is 2.80. The predicted molar refractivity (Wildman–Crippen MR) is 130 cm³/mol. The van der Waals surface area contributed by atoms with E-state index in [1.807, 2.05) is 32.0 Å². The maximum atomic E-state index is 12.3. The summed E-state index contributed by atoms with van der Waals surface area (Å²) < 4.78 is 5.29. The minimum atomic E-state index is 0.00255. The van der Waals surface area contributed by atoms with Gasteiger partial charge in [0.15, 0.2) is 5.78 Å². The first kappa shape index (κ1) is 25.4. The van der Waals surface area contributed by atoms with Crippen LogP contribution in [0.4, 0.5) is 5.69 Å². The van der Waals surface area contributed by atoms with Gasteiger partial charge in [-0.25, -0.2) is 0 Å². The summed E-state index contributed by atoms with van der Waals surface area (Å²) in [6.45, 7) is 7.66. The molecule has 5 heteroatoms. The Morgan fingerprint density at radius 3 is 2.31 bits per heavy atom. The molecular weight excluding hydrogens is 402 g/mol. The van der Waals surface area contributed by atoms with Gasteiger partial charge in [-0.2, -0.15) is 0 Å². The average molecular weight is 440 g/mol. The Labute approximate surface area is 192 Å². The molecule has 0 radical (unpaired) electrons. The second-order valence-electron chi connectivity index (χ2n) is 8.51. The van der Waals surface area contributed by atoms with E-state index < -0.39 is 0 Å². The molecule has 2 N–H and O–H groups in total. The second kappa shape index (κ2) is 12.3. The van der Waals surface area contributed by atoms with Gasteiger partial charge >= 0.3 is 0 Å². The van der Waals surface area contributed by atoms with E-state index >= 15 is 0 Å². The number of carbonyl (C=O) groups excluding carboxylic acids is 2. The van der Waals surface area contributed by atoms with Crippen molar-refractivity contribution in [2.75, 3.05) is 12.4 Å². The highest BCUT2D eigenvalue weighted by atomic mass is 16.5. The van der Waals surface area contributed by atoms with Gasteiger partial charge in [0, 0.05) is 28.8 Å². The monoisotopic (exact) mass is 439 g/mol. The molecular formula is C27H37NO4. The Balaban J connectivity index is 0.000000258. The molecule has 1 saturated carbocycles. The van der Waals surface area contributed by atoms with Gasteiger partial charge in [0.1, 0.15) is 11.5 Å². The number of phenols is 1. The maximum Gasteiger partial charge on any atom is 0.227 e. The van der Waals surface area contributed by atoms with Crippen molar-refractivity contribution < 1.29 is 19.4 Å². The first-order valence-electron chi connectivity index (χ1n) is 11.6. The lowest BCUT2D eigenvalue weighted by Crippen LogP contribution is -2.27. The number of anilines is 1. The SMILES string of the molecule is CCC1CCC(C(=O)Nc2ccc(C)c(OC)c2)CC1.CCc1c(O)cccc1C(C)=O. The van der Waals surface area contributed by atoms with Crippen LogP contribution in [0, 0.1) is 18.8 Å². The van der Waals surface area contributed by atoms with E-state index in [9.17, 15) is 14.7 Å². The van der Waals surface area contributed by atoms with E-state index in [0.717, 1.165) is 41.3 Å². The Bertz CT molecular complexity index is 914. The maximum absolute atomic E-state index is 12.3. The summed E-state index contributed by atoms with van der Waals surface area (Å²) in [4.78, 5) is 23.4. The summed E-state index contributed by atoms with van der Waals surface area (Å²) in [5.74, 6) is 2.18. The number of hydrogen-bond acceptors (Lipinski definition) is 4. The number of aromatic hydroxyl groups is 1. The lowest BCUT2D eigenvalue weighted by Gasteiger charge is -2.27. The molecule has 0 bridgehead atoms. The fourth-order valence-corrected chi connectivity index (χ4v) is 4.25. The van der Waals surface area contributed by atoms with Gasteiger partial charge in [0.05, 0.1) is 7.11 Å². The molecule has 0 atom stereocenters. The van der Waals surface area contributed by atoms with Crippen LogP contribution in [0.15, 0.2) is 36.4 Å². The number of amides is 1. The number of ether oxygens (including phenoxy) is 1. The molecule has 2 aromatic rings. The molecule has 1 aliphatic carbocycles. The molecule has 0 spiro atoms. The molecule has 2 aromatic carbocycles. The highest BCUT2D eigenvalue weighted by Crippen LogP contribution is 2.31. The lowest BCUT2D eigenvalue weighted by atomic mass is 9.80. The van der Waals surface area contributed by atoms with Gasteiger partial charge in [-0.15, -0.1) is 0 Å². The number of aryl methyl sites for hydroxylation is 1. The van der Waals surface area contributed by atoms with Crippen LogP contribution in [0.2, 0.25) is 0 Å². The minimum absolute atomic E-state index is 0.00255. The third-order valence-corrected chi connectivity index (χ3v) is 6.35. The zero-order valence-corrected chi connectivity index (χ0v) is 20.0. The van der Waals surface area contributed by atoms with Crippen molar-refractivity contribution in [3.63, 3.8) is 0 Å². The van der Waals surface area contributed by atoms with Crippen LogP contribution >= 0.6 is 0 Å². The molecule has 0 aromatic heterocycles. The van der Waals surface area contributed by atoms with Crippen LogP contribution in [-0.4, -0.2) is 23.9 Å². The quantitative estimate of drug-likeness (QED) is 0.517. The Hall–Kier alpha value is -2.82. The van der Waals surface area contributed by atoms with Crippen LogP contribution in [0.1, 0.15) is 74.4 Å². The lowest BCUT2D eigenvalue weighted by molar-refractivity contribution is -0.121. The first-order chi connectivity index (χ1) is 15.3. The fraction of sp³-hybridized carbons (Fsp3) is 0.481. The van der Waals surface area contributed by atoms with Crippen LogP contribution < -0.4 is 10.1 Å². The number of phenolic OH excluding ortho intramolecular Hbond substituents is 1. The molecule has 174 valence electrons. The van der Waals surface area contributed by atoms with Crippen molar-refractivity contribution in [3.05, 3.63) is 53.1 Å². The highest BCUT2D eigenvalue weighted by molar-refractivity contribution is 5.96. The number of hydrogen-bond donors (Lipinski definition) is 2. The molecule has 1 amide bonds. The summed E-state index contributed by atoms with van der Waals surface area (Å²) in [5.41, 5.74) is 3.27. The molecule has 0 unspecified atom stereocenters. The molecule has 32 heavy (non-hydrogen) atoms. The highest BCUT2D eigenvalue weighted by Gasteiger charge is 2.25. The van der Waals surface area contributed by atoms with Crippen LogP contribution in [-0.2, 0) is 11.2 Å². The van der Waals surface area contributed by atoms with Gasteiger partial charge in [0.2, 0.25) is 5.91 Å². The van der Waals surface area contributed by atoms with Gasteiger partial charge in [-0.05, 0) is 69.6 Å². The molecule has 0 saturated heterocycles. The van der Waals surface area contributed by atoms with Gasteiger partial charge in [-0.1, -0.05) is 38.5 Å². The number of benzene rings is 2. The van der Waals surface area contributed by atoms with Gasteiger partial charge in [0.25, 0.3) is 0 Å². The van der Waals surface area contributed by atoms with Crippen molar-refractivity contribution in [2.24, 2.45) is 11.8 Å². The number of carbonyl (C=O) groups is 2. The summed E-state index contributed by atoms with van der Waals surface area (Å²) in [5, 5.41) is 12.4. The first-order valence-corrected chi connectivity index (χ1v) is 11.6. The summed E-state index contributed by atoms with van der Waals surface area (Å²) in [6.07, 6.45) is 6.34. The third-order valence-electron chi connectivity index (χ3n) is 6.35. The normalized spacial score (nSPS) is 17.7. The summed E-state index contributed by atoms with van der Waals surface area (Å²) >= 11 is 0. The number of ketones is 1. The summed E-state index contributed by atoms with van der Waals surface area (Å²) in [6, 6.07) is 10.8. The molecule has 0 heterocycles. The topological polar surface area (TPSA) is 75.6 Å². The van der Waals surface area contributed by atoms with Crippen LogP contribution in [0.3, 0.4) is 0 Å². The molecule has 1 aliphatic rings. The van der Waals surface area contributed by atoms with Crippen LogP contribution in [0.5, 0.6) is 11.5 Å². The van der Waals surface area contributed by atoms with E-state index in [4.69, 9.17) is 4.74 Å². The third kappa shape index (κ3) is 6.84. The predicted octanol–water partition coefficient (Wildman–Crippen LogP) is 6.32. The Morgan fingerprint density at radius 2 is 1.78 bits per heavy atom. The largest absolute Gasteiger partial charge is 0.508 e. The van der Waals surface area contributed by atoms with E-state index in [-0.39, 0.29) is 23.4 Å². The zero-order valence-electron chi connectivity index (χ0n) is 20.0. The molecule has 5 nitrogen and oxygen atoms in total. The smallest absolute Gasteiger partial charge is 0.227 e. The Morgan fingerprint density at radius 1 is 1.09 bits per heavy atom. The van der Waals surface area contributed by atoms with Crippen molar-refractivity contribution in [1.29, 1.82) is 0 Å². The zero-order chi connectivity index (χ0) is 23.7. The van der Waals surface area contributed by atoms with E-state index in [1.54, 1.807) is 25.3 Å². The molecule has 1 fully saturated rings. The van der Waals surface area contributed by atoms with Gasteiger partial charge < -0.3 is 15.2 Å². The second-order valence-corrected chi connectivity index (χ2v) is 8.51. The number of Topliss-reactive ketones (excluding diaryl/α,β-unsaturated/α-hetero) is 1. The van der Waals surface area contributed by atoms with Crippen LogP contribution in [0.25, 0.3) is 0 Å². The minimum Gasteiger partial charge on any atom is -0.508 e. The fourth-order valence-electron chi connectivity index (χ4n) is 4.25. The van der Waals surface area contributed by atoms with E-state index in [0.29, 0.717) is 12.0 Å². The standard InChI is InChI=1S/C17H25NO2.C10H12O2/c1-4-13-6-8-14(9-7-13)17(19)18-15-10-5-12(2)16(11-15)20-3;1-3-8-9(7(2)11)5-4-6-10(8)12/h5,10-11,13-14H,4,6-9H2,1-3H3,(H,18,19);4-6,12H,3H2,1-2H3. The molecule has 0 aliphatic heterocycles. The van der Waals surface area contributed by atoms with Gasteiger partial charge in [-0.3, -0.25) is 9.59 Å².